The summed E-state index contributed by atoms with van der Waals surface area (Å²) < 4.78 is 7.15. The summed E-state index contributed by atoms with van der Waals surface area (Å²) >= 11 is 6.77. The Balaban J connectivity index is 1.91. The molecule has 0 unspecified atom stereocenters. The first-order valence-electron chi connectivity index (χ1n) is 9.87. The highest BCUT2D eigenvalue weighted by Crippen LogP contribution is 2.42. The van der Waals surface area contributed by atoms with Gasteiger partial charge in [-0.05, 0) is 29.8 Å². The highest BCUT2D eigenvalue weighted by molar-refractivity contribution is 9.10. The SMILES string of the molecule is CC(C)(C)c1cc(N2C(=O)C(=O)/C(=C(/O)c3ccc(Br)cc3)[C@@H]2c2ccc(Br)cc2)no1. The number of rotatable bonds is 3. The second kappa shape index (κ2) is 8.33. The molecule has 6 nitrogen and oxygen atoms in total. The Bertz CT molecular complexity index is 1220. The van der Waals surface area contributed by atoms with Crippen molar-refractivity contribution in [2.24, 2.45) is 0 Å². The van der Waals surface area contributed by atoms with E-state index >= 15 is 0 Å². The lowest BCUT2D eigenvalue weighted by Gasteiger charge is -2.23. The van der Waals surface area contributed by atoms with Gasteiger partial charge < -0.3 is 9.63 Å². The molecular weight excluding hydrogens is 540 g/mol. The smallest absolute Gasteiger partial charge is 0.301 e. The molecule has 0 saturated carbocycles. The topological polar surface area (TPSA) is 83.6 Å². The van der Waals surface area contributed by atoms with Crippen LogP contribution in [0.4, 0.5) is 5.82 Å². The molecule has 32 heavy (non-hydrogen) atoms. The van der Waals surface area contributed by atoms with Crippen LogP contribution in [-0.2, 0) is 15.0 Å². The number of Topliss-reactive ketones (excluding diaryl/α,β-unsaturated/α-hetero) is 1. The van der Waals surface area contributed by atoms with Crippen LogP contribution in [0.15, 0.2) is 73.6 Å². The van der Waals surface area contributed by atoms with E-state index in [2.05, 4.69) is 37.0 Å². The second-order valence-electron chi connectivity index (χ2n) is 8.53. The van der Waals surface area contributed by atoms with Gasteiger partial charge in [0.1, 0.15) is 11.5 Å². The van der Waals surface area contributed by atoms with Gasteiger partial charge in [0.25, 0.3) is 5.78 Å². The molecule has 164 valence electrons. The molecule has 1 saturated heterocycles. The van der Waals surface area contributed by atoms with Gasteiger partial charge in [0.05, 0.1) is 11.6 Å². The summed E-state index contributed by atoms with van der Waals surface area (Å²) in [6, 6.07) is 14.9. The number of hydrogen-bond acceptors (Lipinski definition) is 5. The van der Waals surface area contributed by atoms with Crippen LogP contribution in [0.3, 0.4) is 0 Å². The lowest BCUT2D eigenvalue weighted by Crippen LogP contribution is -2.29. The summed E-state index contributed by atoms with van der Waals surface area (Å²) in [5.41, 5.74) is 0.763. The fourth-order valence-corrected chi connectivity index (χ4v) is 4.05. The fourth-order valence-electron chi connectivity index (χ4n) is 3.53. The Hall–Kier alpha value is -2.71. The van der Waals surface area contributed by atoms with Crippen molar-refractivity contribution in [3.63, 3.8) is 0 Å². The highest BCUT2D eigenvalue weighted by atomic mass is 79.9. The van der Waals surface area contributed by atoms with E-state index in [1.165, 1.54) is 4.90 Å². The van der Waals surface area contributed by atoms with Gasteiger partial charge in [-0.3, -0.25) is 14.5 Å². The summed E-state index contributed by atoms with van der Waals surface area (Å²) in [6.07, 6.45) is 0. The molecule has 1 aromatic heterocycles. The van der Waals surface area contributed by atoms with Crippen LogP contribution in [0, 0.1) is 0 Å². The molecule has 1 N–H and O–H groups in total. The molecule has 4 rings (SSSR count). The van der Waals surface area contributed by atoms with Gasteiger partial charge in [0, 0.05) is 26.0 Å². The number of hydrogen-bond donors (Lipinski definition) is 1. The van der Waals surface area contributed by atoms with Crippen LogP contribution in [0.2, 0.25) is 0 Å². The molecule has 0 aliphatic carbocycles. The van der Waals surface area contributed by atoms with Gasteiger partial charge in [-0.15, -0.1) is 0 Å². The Kier molecular flexibility index (Phi) is 5.85. The number of anilines is 1. The molecule has 3 aromatic rings. The number of halogens is 2. The van der Waals surface area contributed by atoms with Gasteiger partial charge in [-0.2, -0.15) is 0 Å². The van der Waals surface area contributed by atoms with Crippen LogP contribution in [-0.4, -0.2) is 22.0 Å². The van der Waals surface area contributed by atoms with Crippen molar-refractivity contribution < 1.29 is 19.2 Å². The van der Waals surface area contributed by atoms with E-state index in [9.17, 15) is 14.7 Å². The maximum absolute atomic E-state index is 13.1. The molecule has 1 atom stereocenters. The van der Waals surface area contributed by atoms with E-state index < -0.39 is 17.7 Å². The second-order valence-corrected chi connectivity index (χ2v) is 10.4. The first kappa shape index (κ1) is 22.5. The maximum atomic E-state index is 13.1. The van der Waals surface area contributed by atoms with Crippen molar-refractivity contribution in [2.45, 2.75) is 32.2 Å². The number of carbonyl (C=O) groups is 2. The quantitative estimate of drug-likeness (QED) is 0.237. The van der Waals surface area contributed by atoms with E-state index in [4.69, 9.17) is 4.52 Å². The van der Waals surface area contributed by atoms with Crippen molar-refractivity contribution in [3.8, 4) is 0 Å². The zero-order chi connectivity index (χ0) is 23.2. The minimum absolute atomic E-state index is 0.0000430. The number of carbonyl (C=O) groups excluding carboxylic acids is 2. The Morgan fingerprint density at radius 2 is 1.56 bits per heavy atom. The lowest BCUT2D eigenvalue weighted by atomic mass is 9.93. The standard InChI is InChI=1S/C24H20Br2N2O4/c1-24(2,3)17-12-18(27-32-17)28-20(13-4-8-15(25)9-5-13)19(22(30)23(28)31)21(29)14-6-10-16(26)11-7-14/h4-12,20,29H,1-3H3/b21-19+/t20-/m0/s1. The maximum Gasteiger partial charge on any atom is 0.301 e. The first-order chi connectivity index (χ1) is 15.1. The summed E-state index contributed by atoms with van der Waals surface area (Å²) in [4.78, 5) is 27.6. The normalized spacial score (nSPS) is 18.4. The number of nitrogens with zero attached hydrogens (tertiary/aromatic N) is 2. The van der Waals surface area contributed by atoms with Crippen molar-refractivity contribution in [2.75, 3.05) is 4.90 Å². The van der Waals surface area contributed by atoms with E-state index in [-0.39, 0.29) is 22.6 Å². The van der Waals surface area contributed by atoms with Gasteiger partial charge in [0.15, 0.2) is 5.82 Å². The number of aliphatic hydroxyl groups is 1. The first-order valence-corrected chi connectivity index (χ1v) is 11.5. The summed E-state index contributed by atoms with van der Waals surface area (Å²) in [6.45, 7) is 5.89. The van der Waals surface area contributed by atoms with Crippen molar-refractivity contribution in [3.05, 3.63) is 86.0 Å². The van der Waals surface area contributed by atoms with Crippen LogP contribution < -0.4 is 4.90 Å². The fraction of sp³-hybridized carbons (Fsp3) is 0.208. The molecule has 2 aromatic carbocycles. The van der Waals surface area contributed by atoms with Crippen LogP contribution >= 0.6 is 31.9 Å². The van der Waals surface area contributed by atoms with E-state index in [1.54, 1.807) is 42.5 Å². The number of aliphatic hydroxyl groups excluding tert-OH is 1. The molecule has 1 aliphatic heterocycles. The van der Waals surface area contributed by atoms with Crippen LogP contribution in [0.5, 0.6) is 0 Å². The average molecular weight is 560 g/mol. The number of benzene rings is 2. The number of aromatic nitrogens is 1. The van der Waals surface area contributed by atoms with Crippen molar-refractivity contribution in [1.29, 1.82) is 0 Å². The Morgan fingerprint density at radius 3 is 2.09 bits per heavy atom. The summed E-state index contributed by atoms with van der Waals surface area (Å²) in [5, 5.41) is 15.2. The minimum atomic E-state index is -0.857. The molecule has 1 fully saturated rings. The highest BCUT2D eigenvalue weighted by Gasteiger charge is 2.48. The molecule has 1 aliphatic rings. The van der Waals surface area contributed by atoms with Crippen molar-refractivity contribution in [1.82, 2.24) is 5.16 Å². The zero-order valence-corrected chi connectivity index (χ0v) is 20.8. The molecular formula is C24H20Br2N2O4. The lowest BCUT2D eigenvalue weighted by molar-refractivity contribution is -0.132. The zero-order valence-electron chi connectivity index (χ0n) is 17.6. The molecule has 0 radical (unpaired) electrons. The third-order valence-electron chi connectivity index (χ3n) is 5.23. The van der Waals surface area contributed by atoms with E-state index in [0.717, 1.165) is 8.95 Å². The Morgan fingerprint density at radius 1 is 1.00 bits per heavy atom. The third kappa shape index (κ3) is 4.04. The Labute approximate surface area is 202 Å². The van der Waals surface area contributed by atoms with Crippen molar-refractivity contribution >= 4 is 55.1 Å². The van der Waals surface area contributed by atoms with Gasteiger partial charge >= 0.3 is 5.91 Å². The number of amides is 1. The van der Waals surface area contributed by atoms with Gasteiger partial charge in [-0.25, -0.2) is 0 Å². The van der Waals surface area contributed by atoms with Gasteiger partial charge in [0.2, 0.25) is 0 Å². The molecule has 1 amide bonds. The number of ketones is 1. The van der Waals surface area contributed by atoms with Crippen LogP contribution in [0.1, 0.15) is 43.7 Å². The van der Waals surface area contributed by atoms with Crippen LogP contribution in [0.25, 0.3) is 5.76 Å². The predicted octanol–water partition coefficient (Wildman–Crippen LogP) is 6.12. The predicted molar refractivity (Wildman–Crippen MR) is 128 cm³/mol. The van der Waals surface area contributed by atoms with Gasteiger partial charge in [-0.1, -0.05) is 82.1 Å². The monoisotopic (exact) mass is 558 g/mol. The minimum Gasteiger partial charge on any atom is -0.507 e. The average Bonchev–Trinajstić information content (AvgIpc) is 3.32. The summed E-state index contributed by atoms with van der Waals surface area (Å²) in [5.74, 6) is -0.994. The largest absolute Gasteiger partial charge is 0.507 e. The van der Waals surface area contributed by atoms with E-state index in [1.807, 2.05) is 32.9 Å². The molecule has 8 heteroatoms. The third-order valence-corrected chi connectivity index (χ3v) is 6.29. The molecule has 2 heterocycles. The molecule has 0 spiro atoms. The van der Waals surface area contributed by atoms with E-state index in [0.29, 0.717) is 16.9 Å². The summed E-state index contributed by atoms with van der Waals surface area (Å²) in [7, 11) is 0. The molecule has 0 bridgehead atoms.